The van der Waals surface area contributed by atoms with Crippen LogP contribution in [0, 0.1) is 0 Å². The van der Waals surface area contributed by atoms with Crippen LogP contribution in [-0.2, 0) is 9.53 Å². The molecule has 1 heterocycles. The van der Waals surface area contributed by atoms with Gasteiger partial charge in [-0.15, -0.1) is 0 Å². The summed E-state index contributed by atoms with van der Waals surface area (Å²) in [5.74, 6) is -0.212. The Labute approximate surface area is 66.6 Å². The van der Waals surface area contributed by atoms with Crippen LogP contribution < -0.4 is 0 Å². The van der Waals surface area contributed by atoms with Crippen molar-refractivity contribution in [1.82, 2.24) is 4.90 Å². The lowest BCUT2D eigenvalue weighted by atomic mass is 10.1. The SMILES string of the molecule is CCOC(=O)C=C1CN(C)C1. The average Bonchev–Trinajstić information content (AvgIpc) is 1.85. The molecule has 0 aromatic carbocycles. The highest BCUT2D eigenvalue weighted by Crippen LogP contribution is 2.10. The maximum Gasteiger partial charge on any atom is 0.330 e. The van der Waals surface area contributed by atoms with Gasteiger partial charge in [0.1, 0.15) is 0 Å². The Balaban J connectivity index is 2.29. The maximum atomic E-state index is 10.8. The highest BCUT2D eigenvalue weighted by Gasteiger charge is 2.16. The molecule has 1 aliphatic rings. The van der Waals surface area contributed by atoms with Gasteiger partial charge < -0.3 is 4.74 Å². The van der Waals surface area contributed by atoms with Gasteiger partial charge in [0.2, 0.25) is 0 Å². The summed E-state index contributed by atoms with van der Waals surface area (Å²) in [4.78, 5) is 13.0. The summed E-state index contributed by atoms with van der Waals surface area (Å²) in [6.07, 6.45) is 1.59. The van der Waals surface area contributed by atoms with Crippen molar-refractivity contribution < 1.29 is 9.53 Å². The van der Waals surface area contributed by atoms with Crippen LogP contribution in [0.5, 0.6) is 0 Å². The highest BCUT2D eigenvalue weighted by atomic mass is 16.5. The molecule has 1 aliphatic heterocycles. The van der Waals surface area contributed by atoms with Crippen LogP contribution >= 0.6 is 0 Å². The molecule has 0 aromatic rings. The summed E-state index contributed by atoms with van der Waals surface area (Å²) in [6.45, 7) is 4.07. The van der Waals surface area contributed by atoms with Gasteiger partial charge in [-0.25, -0.2) is 4.79 Å². The summed E-state index contributed by atoms with van der Waals surface area (Å²) < 4.78 is 4.75. The van der Waals surface area contributed by atoms with Gasteiger partial charge in [0.25, 0.3) is 0 Å². The van der Waals surface area contributed by atoms with Crippen molar-refractivity contribution in [2.45, 2.75) is 6.92 Å². The van der Waals surface area contributed by atoms with Crippen LogP contribution in [0.4, 0.5) is 0 Å². The molecule has 0 unspecified atom stereocenters. The zero-order valence-corrected chi connectivity index (χ0v) is 6.96. The molecule has 0 bridgehead atoms. The van der Waals surface area contributed by atoms with Gasteiger partial charge in [-0.2, -0.15) is 0 Å². The largest absolute Gasteiger partial charge is 0.463 e. The number of esters is 1. The second-order valence-electron chi connectivity index (χ2n) is 2.73. The van der Waals surface area contributed by atoms with Crippen molar-refractivity contribution in [2.24, 2.45) is 0 Å². The van der Waals surface area contributed by atoms with E-state index in [2.05, 4.69) is 4.90 Å². The number of likely N-dealkylation sites (N-methyl/N-ethyl adjacent to an activating group) is 1. The molecule has 0 aliphatic carbocycles. The lowest BCUT2D eigenvalue weighted by molar-refractivity contribution is -0.137. The minimum atomic E-state index is -0.212. The van der Waals surface area contributed by atoms with Gasteiger partial charge in [0.15, 0.2) is 0 Å². The van der Waals surface area contributed by atoms with Gasteiger partial charge in [0.05, 0.1) is 6.61 Å². The van der Waals surface area contributed by atoms with E-state index in [4.69, 9.17) is 4.74 Å². The second kappa shape index (κ2) is 3.53. The van der Waals surface area contributed by atoms with E-state index in [0.717, 1.165) is 18.7 Å². The molecule has 3 heteroatoms. The zero-order valence-electron chi connectivity index (χ0n) is 6.96. The van der Waals surface area contributed by atoms with Crippen LogP contribution in [0.25, 0.3) is 0 Å². The van der Waals surface area contributed by atoms with Gasteiger partial charge in [-0.3, -0.25) is 4.90 Å². The molecule has 0 aromatic heterocycles. The van der Waals surface area contributed by atoms with E-state index >= 15 is 0 Å². The number of hydrogen-bond acceptors (Lipinski definition) is 3. The first-order valence-electron chi connectivity index (χ1n) is 3.77. The van der Waals surface area contributed by atoms with Crippen molar-refractivity contribution in [3.8, 4) is 0 Å². The molecule has 0 radical (unpaired) electrons. The van der Waals surface area contributed by atoms with Gasteiger partial charge in [-0.1, -0.05) is 0 Å². The fourth-order valence-electron chi connectivity index (χ4n) is 1.09. The summed E-state index contributed by atoms with van der Waals surface area (Å²) in [5.41, 5.74) is 1.16. The van der Waals surface area contributed by atoms with Crippen LogP contribution in [0.2, 0.25) is 0 Å². The Morgan fingerprint density at radius 1 is 1.73 bits per heavy atom. The molecule has 62 valence electrons. The Bertz CT molecular complexity index is 179. The second-order valence-corrected chi connectivity index (χ2v) is 2.73. The number of carbonyl (C=O) groups excluding carboxylic acids is 1. The van der Waals surface area contributed by atoms with E-state index in [0.29, 0.717) is 6.61 Å². The molecule has 0 spiro atoms. The summed E-state index contributed by atoms with van der Waals surface area (Å²) >= 11 is 0. The molecule has 11 heavy (non-hydrogen) atoms. The first-order valence-corrected chi connectivity index (χ1v) is 3.77. The molecule has 1 saturated heterocycles. The summed E-state index contributed by atoms with van der Waals surface area (Å²) in [7, 11) is 2.02. The Kier molecular flexibility index (Phi) is 2.65. The van der Waals surface area contributed by atoms with Crippen molar-refractivity contribution in [2.75, 3.05) is 26.7 Å². The number of hydrogen-bond donors (Lipinski definition) is 0. The van der Waals surface area contributed by atoms with Crippen LogP contribution in [0.1, 0.15) is 6.92 Å². The summed E-state index contributed by atoms with van der Waals surface area (Å²) in [5, 5.41) is 0. The third-order valence-electron chi connectivity index (χ3n) is 1.55. The fraction of sp³-hybridized carbons (Fsp3) is 0.625. The van der Waals surface area contributed by atoms with Crippen molar-refractivity contribution in [3.63, 3.8) is 0 Å². The third-order valence-corrected chi connectivity index (χ3v) is 1.55. The van der Waals surface area contributed by atoms with Gasteiger partial charge in [0, 0.05) is 19.2 Å². The minimum absolute atomic E-state index is 0.212. The van der Waals surface area contributed by atoms with E-state index in [-0.39, 0.29) is 5.97 Å². The molecule has 0 N–H and O–H groups in total. The quantitative estimate of drug-likeness (QED) is 0.427. The lowest BCUT2D eigenvalue weighted by Crippen LogP contribution is -2.36. The average molecular weight is 155 g/mol. The standard InChI is InChI=1S/C8H13NO2/c1-3-11-8(10)4-7-5-9(2)6-7/h4H,3,5-6H2,1-2H3. The van der Waals surface area contributed by atoms with Crippen molar-refractivity contribution in [1.29, 1.82) is 0 Å². The molecular weight excluding hydrogens is 142 g/mol. The van der Waals surface area contributed by atoms with Crippen LogP contribution in [0.15, 0.2) is 11.6 Å². The number of nitrogens with zero attached hydrogens (tertiary/aromatic N) is 1. The predicted octanol–water partition coefficient (Wildman–Crippen LogP) is 0.421. The fourth-order valence-corrected chi connectivity index (χ4v) is 1.09. The van der Waals surface area contributed by atoms with E-state index < -0.39 is 0 Å². The van der Waals surface area contributed by atoms with Crippen LogP contribution in [-0.4, -0.2) is 37.6 Å². The number of rotatable bonds is 2. The smallest absolute Gasteiger partial charge is 0.330 e. The maximum absolute atomic E-state index is 10.8. The predicted molar refractivity (Wildman–Crippen MR) is 42.2 cm³/mol. The number of ether oxygens (including phenoxy) is 1. The van der Waals surface area contributed by atoms with E-state index in [1.54, 1.807) is 6.08 Å². The Morgan fingerprint density at radius 3 is 2.82 bits per heavy atom. The van der Waals surface area contributed by atoms with E-state index in [1.807, 2.05) is 14.0 Å². The van der Waals surface area contributed by atoms with Crippen LogP contribution in [0.3, 0.4) is 0 Å². The Hall–Kier alpha value is -0.830. The molecule has 3 nitrogen and oxygen atoms in total. The van der Waals surface area contributed by atoms with E-state index in [9.17, 15) is 4.79 Å². The molecule has 0 amide bonds. The van der Waals surface area contributed by atoms with Crippen molar-refractivity contribution >= 4 is 5.97 Å². The van der Waals surface area contributed by atoms with Gasteiger partial charge >= 0.3 is 5.97 Å². The Morgan fingerprint density at radius 2 is 2.36 bits per heavy atom. The number of likely N-dealkylation sites (tertiary alicyclic amines) is 1. The van der Waals surface area contributed by atoms with E-state index in [1.165, 1.54) is 0 Å². The monoisotopic (exact) mass is 155 g/mol. The summed E-state index contributed by atoms with van der Waals surface area (Å²) in [6, 6.07) is 0. The molecule has 1 rings (SSSR count). The lowest BCUT2D eigenvalue weighted by Gasteiger charge is -2.29. The van der Waals surface area contributed by atoms with Crippen molar-refractivity contribution in [3.05, 3.63) is 11.6 Å². The first kappa shape index (κ1) is 8.27. The topological polar surface area (TPSA) is 29.5 Å². The zero-order chi connectivity index (χ0) is 8.27. The third kappa shape index (κ3) is 2.35. The minimum Gasteiger partial charge on any atom is -0.463 e. The highest BCUT2D eigenvalue weighted by molar-refractivity contribution is 5.83. The molecular formula is C8H13NO2. The van der Waals surface area contributed by atoms with Gasteiger partial charge in [-0.05, 0) is 19.5 Å². The number of carbonyl (C=O) groups is 1. The molecule has 1 fully saturated rings. The first-order chi connectivity index (χ1) is 5.22. The normalized spacial score (nSPS) is 17.5. The molecule has 0 atom stereocenters. The molecule has 0 saturated carbocycles.